The van der Waals surface area contributed by atoms with Crippen molar-refractivity contribution in [2.75, 3.05) is 38.4 Å². The van der Waals surface area contributed by atoms with Gasteiger partial charge in [-0.2, -0.15) is 29.9 Å². The minimum atomic E-state index is -2.03. The van der Waals surface area contributed by atoms with Gasteiger partial charge in [-0.05, 0) is 131 Å². The molecule has 118 heavy (non-hydrogen) atoms. The third-order valence-corrected chi connectivity index (χ3v) is 13.3. The van der Waals surface area contributed by atoms with Gasteiger partial charge in [0.1, 0.15) is 40.6 Å². The number of isocyanates is 1. The summed E-state index contributed by atoms with van der Waals surface area (Å²) in [6.07, 6.45) is 0.698. The number of carboxylic acids is 1. The number of hydrazine groups is 1. The van der Waals surface area contributed by atoms with Crippen LogP contribution in [0.5, 0.6) is 0 Å². The van der Waals surface area contributed by atoms with Crippen molar-refractivity contribution in [3.8, 4) is 17.1 Å². The number of aromatic nitrogens is 13. The molecule has 0 fully saturated rings. The number of aryl methyl sites for hydroxylation is 4. The lowest BCUT2D eigenvalue weighted by Gasteiger charge is -2.09. The van der Waals surface area contributed by atoms with Crippen molar-refractivity contribution < 1.29 is 93.6 Å². The van der Waals surface area contributed by atoms with Crippen LogP contribution in [0.4, 0.5) is 48.5 Å². The molecule has 0 saturated heterocycles. The number of carbonyl (C=O) groups excluding carboxylic acids is 9. The summed E-state index contributed by atoms with van der Waals surface area (Å²) in [7, 11) is 7.71. The van der Waals surface area contributed by atoms with Crippen LogP contribution >= 0.6 is 34.8 Å². The molecule has 628 valence electrons. The second-order valence-electron chi connectivity index (χ2n) is 21.4. The lowest BCUT2D eigenvalue weighted by Crippen LogP contribution is -2.44. The Kier molecular flexibility index (Phi) is 44.3. The molecule has 39 nitrogen and oxygen atoms in total. The Labute approximate surface area is 675 Å². The topological polar surface area (TPSA) is 539 Å². The minimum absolute atomic E-state index is 0.000324. The van der Waals surface area contributed by atoms with Crippen molar-refractivity contribution in [3.05, 3.63) is 266 Å². The van der Waals surface area contributed by atoms with Crippen LogP contribution in [0.15, 0.2) is 179 Å². The molecule has 6 aromatic carbocycles. The highest BCUT2D eigenvalue weighted by atomic mass is 35.6. The number of tetrazole rings is 1. The lowest BCUT2D eigenvalue weighted by atomic mass is 10.1. The second-order valence-corrected chi connectivity index (χ2v) is 23.6. The number of alkyl halides is 3. The van der Waals surface area contributed by atoms with Crippen molar-refractivity contribution in [2.45, 2.75) is 44.5 Å². The number of aromatic carboxylic acids is 1. The highest BCUT2D eigenvalue weighted by Gasteiger charge is 2.27. The first-order valence-electron chi connectivity index (χ1n) is 32.5. The number of halogens is 9. The predicted molar refractivity (Wildman–Crippen MR) is 406 cm³/mol. The molecule has 4 aromatic heterocycles. The molecule has 0 saturated carbocycles. The van der Waals surface area contributed by atoms with E-state index in [0.717, 1.165) is 57.8 Å². The maximum atomic E-state index is 14.0. The van der Waals surface area contributed by atoms with E-state index in [1.807, 2.05) is 6.92 Å². The van der Waals surface area contributed by atoms with Gasteiger partial charge in [0, 0.05) is 48.6 Å². The third-order valence-electron chi connectivity index (χ3n) is 13.1. The molecule has 0 spiro atoms. The number of likely N-dealkylation sites (N-methyl/N-ethyl adjacent to an activating group) is 1. The number of amides is 2. The van der Waals surface area contributed by atoms with E-state index in [-0.39, 0.29) is 77.5 Å². The maximum Gasteiger partial charge on any atom is 0.511 e. The number of nitrogens with two attached hydrogens (primary N) is 3. The number of Topliss-reactive ketones (excluding diaryl/α,β-unsaturated/α-hetero) is 2. The Morgan fingerprint density at radius 1 is 0.585 bits per heavy atom. The highest BCUT2D eigenvalue weighted by molar-refractivity contribution is 6.66. The first kappa shape index (κ1) is 102. The van der Waals surface area contributed by atoms with Gasteiger partial charge in [0.2, 0.25) is 35.1 Å². The van der Waals surface area contributed by atoms with Gasteiger partial charge in [0.25, 0.3) is 22.6 Å². The van der Waals surface area contributed by atoms with Gasteiger partial charge in [-0.25, -0.2) is 98.2 Å². The van der Waals surface area contributed by atoms with Gasteiger partial charge >= 0.3 is 45.3 Å². The number of carboxylic acid groups (broad SMARTS) is 1. The van der Waals surface area contributed by atoms with Crippen LogP contribution in [0.25, 0.3) is 17.1 Å². The zero-order valence-electron chi connectivity index (χ0n) is 63.2. The number of nitrogens with zero attached hydrogens (tertiary/aromatic N) is 15. The largest absolute Gasteiger partial charge is 0.511 e. The van der Waals surface area contributed by atoms with Crippen LogP contribution in [0.3, 0.4) is 0 Å². The van der Waals surface area contributed by atoms with Crippen molar-refractivity contribution in [1.82, 2.24) is 68.3 Å². The number of nitrogen functional groups attached to an aromatic ring is 1. The molecule has 0 radical (unpaired) electrons. The van der Waals surface area contributed by atoms with Gasteiger partial charge in [-0.1, -0.05) is 97.8 Å². The summed E-state index contributed by atoms with van der Waals surface area (Å²) >= 11 is 15.0. The highest BCUT2D eigenvalue weighted by Crippen LogP contribution is 2.27. The number of anilines is 2. The average Bonchev–Trinajstić information content (AvgIpc) is 0.893. The van der Waals surface area contributed by atoms with Crippen LogP contribution in [0.2, 0.25) is 0 Å². The van der Waals surface area contributed by atoms with E-state index in [0.29, 0.717) is 23.9 Å². The molecule has 8 N–H and O–H groups in total. The monoisotopic (exact) mass is 1720 g/mol. The Bertz CT molecular complexity index is 5460. The molecule has 10 rings (SSSR count). The average molecular weight is 1720 g/mol. The summed E-state index contributed by atoms with van der Waals surface area (Å²) in [6, 6.07) is 33.6. The number of ether oxygens (including phenoxy) is 3. The number of carbonyl (C=O) groups is 7. The summed E-state index contributed by atoms with van der Waals surface area (Å²) in [5.74, 6) is -3.04. The molecule has 10 aromatic rings. The molecule has 2 amide bonds. The van der Waals surface area contributed by atoms with E-state index in [2.05, 4.69) is 55.3 Å². The zero-order valence-corrected chi connectivity index (χ0v) is 65.5. The first-order valence-corrected chi connectivity index (χ1v) is 33.6. The molecule has 0 aliphatic heterocycles. The van der Waals surface area contributed by atoms with Gasteiger partial charge in [-0.3, -0.25) is 43.9 Å². The molecule has 48 heteroatoms. The Hall–Kier alpha value is -14.4. The smallest absolute Gasteiger partial charge is 0.476 e. The number of esters is 1. The number of methoxy groups -OCH3 is 1. The summed E-state index contributed by atoms with van der Waals surface area (Å²) in [5.41, 5.74) is 2.06. The maximum absolute atomic E-state index is 14.0. The lowest BCUT2D eigenvalue weighted by molar-refractivity contribution is -0.191. The van der Waals surface area contributed by atoms with E-state index in [1.165, 1.54) is 132 Å². The normalized spacial score (nSPS) is 9.74. The fourth-order valence-electron chi connectivity index (χ4n) is 7.74. The van der Waals surface area contributed by atoms with E-state index in [9.17, 15) is 93.5 Å². The minimum Gasteiger partial charge on any atom is -0.476 e. The summed E-state index contributed by atoms with van der Waals surface area (Å²) in [4.78, 5) is 178. The first-order chi connectivity index (χ1) is 55.5. The SMILES string of the molecule is CC(=O)c1nn(C)c(=O)n(-c2ccccc2F)c1=O.CCN.CCOC(=O)C(=O)CC.CN(N)C(=O)Cc1ccccc1F.COC(=O)OC(Cl)(Cl)Cl.Cn1nc(C(=O)O)c(=O)n(-c2ccccc2F)c1=O.Cn1nnnc1NC(=O)c1nn(C)c(=O)n(-c2ccccc2F)c1=O.Nc1ccccc1F.O=C=Nc1ccccc1F.O=C=O. The van der Waals surface area contributed by atoms with Gasteiger partial charge < -0.3 is 30.8 Å². The van der Waals surface area contributed by atoms with E-state index in [4.69, 9.17) is 66.8 Å². The number of nitrogens with one attached hydrogen (secondary N) is 1. The van der Waals surface area contributed by atoms with Gasteiger partial charge in [0.15, 0.2) is 11.5 Å². The molecule has 0 atom stereocenters. The van der Waals surface area contributed by atoms with Crippen LogP contribution in [0, 0.1) is 34.9 Å². The number of hydrogen-bond acceptors (Lipinski definition) is 29. The van der Waals surface area contributed by atoms with Crippen molar-refractivity contribution in [3.63, 3.8) is 0 Å². The fraction of sp³-hybridized carbons (Fsp3) is 0.214. The van der Waals surface area contributed by atoms with Gasteiger partial charge in [-0.15, -0.1) is 0 Å². The molecule has 0 bridgehead atoms. The quantitative estimate of drug-likeness (QED) is 0.00884. The van der Waals surface area contributed by atoms with E-state index in [1.54, 1.807) is 50.2 Å². The number of benzene rings is 6. The predicted octanol–water partition coefficient (Wildman–Crippen LogP) is 4.80. The van der Waals surface area contributed by atoms with Crippen LogP contribution in [-0.2, 0) is 77.6 Å². The van der Waals surface area contributed by atoms with Crippen molar-refractivity contribution >= 4 is 106 Å². The summed E-state index contributed by atoms with van der Waals surface area (Å²) in [5, 5.41) is 33.1. The number of rotatable bonds is 13. The van der Waals surface area contributed by atoms with Gasteiger partial charge in [0.05, 0.1) is 42.9 Å². The summed E-state index contributed by atoms with van der Waals surface area (Å²) in [6.45, 7) is 7.37. The van der Waals surface area contributed by atoms with Crippen LogP contribution in [-0.4, -0.2) is 158 Å². The van der Waals surface area contributed by atoms with Crippen molar-refractivity contribution in [1.29, 1.82) is 0 Å². The molecule has 4 heterocycles. The second kappa shape index (κ2) is 51.4. The number of hydrogen-bond donors (Lipinski definition) is 5. The molecular formula is C70H70Cl3F6N19O20. The number of aliphatic imine (C=N–C) groups is 1. The molecule has 0 aliphatic carbocycles. The molecular weight excluding hydrogens is 1650 g/mol. The van der Waals surface area contributed by atoms with E-state index >= 15 is 0 Å². The molecule has 0 unspecified atom stereocenters. The number of para-hydroxylation sites is 5. The van der Waals surface area contributed by atoms with Crippen LogP contribution < -0.4 is 56.4 Å². The fourth-order valence-corrected chi connectivity index (χ4v) is 7.93. The Morgan fingerprint density at radius 3 is 1.30 bits per heavy atom. The summed E-state index contributed by atoms with van der Waals surface area (Å²) < 4.78 is 94.4. The Balaban J connectivity index is 0.000000687. The number of ketones is 2. The molecule has 0 aliphatic rings. The Morgan fingerprint density at radius 2 is 0.966 bits per heavy atom. The third kappa shape index (κ3) is 33.0. The van der Waals surface area contributed by atoms with E-state index < -0.39 is 114 Å². The standard InChI is InChI=1S/C13H11FN8O3.C12H10FN3O3.C11H8FN3O4.C9H11FN2O.C7H4FNO.C6H6FN.C6H10O3.C3H3Cl3O3.C2H7N.CO2/c1-20-12(16-18-19-20)15-10(23)9-11(24)22(13(25)21(2)17-9)8-6-4-3-5-7(8)14;1-7(17)10-11(18)16(12(19)15(2)14-10)9-6-4-3-5-8(9)13;1-14-11(19)15(7-5-3-2-4-6(7)12)9(16)8(13-14)10(17)18;1-12(11)9(13)6-7-4-2-3-5-8(7)10;8-6-3-1-2-4-7(6)9-5-10;7-5-3-1-2-4-6(5)8;1-3-5(7)6(8)9-4-2;1-8-2(7)9-3(4,5)6;1-2-3;2-1-3/h3-6H,1-2H3,(H,15,16,19,23);3-6H,1-2H3;2-5H,1H3,(H,17,18);2-5H,6,11H2,1H3;1-4H;1-4H,8H2;3-4H2,1-2H3;1H3;2-3H2,1H3;. The zero-order chi connectivity index (χ0) is 89.9. The van der Waals surface area contributed by atoms with Crippen LogP contribution in [0.1, 0.15) is 71.1 Å². The van der Waals surface area contributed by atoms with Crippen molar-refractivity contribution in [2.24, 2.45) is 44.8 Å².